The Morgan fingerprint density at radius 3 is 2.63 bits per heavy atom. The lowest BCUT2D eigenvalue weighted by Gasteiger charge is -2.37. The number of nitrogens with zero attached hydrogens (tertiary/aromatic N) is 2. The summed E-state index contributed by atoms with van der Waals surface area (Å²) in [7, 11) is 0. The fourth-order valence-corrected chi connectivity index (χ4v) is 6.80. The van der Waals surface area contributed by atoms with Crippen LogP contribution in [-0.2, 0) is 12.8 Å². The van der Waals surface area contributed by atoms with Gasteiger partial charge in [0.25, 0.3) is 0 Å². The highest BCUT2D eigenvalue weighted by molar-refractivity contribution is 7.21. The van der Waals surface area contributed by atoms with Crippen LogP contribution in [0.4, 0.5) is 5.69 Å². The van der Waals surface area contributed by atoms with Crippen molar-refractivity contribution in [2.45, 2.75) is 25.7 Å². The molecule has 35 heavy (non-hydrogen) atoms. The Kier molecular flexibility index (Phi) is 4.64. The van der Waals surface area contributed by atoms with Crippen LogP contribution in [0.3, 0.4) is 0 Å². The number of benzene rings is 3. The fraction of sp³-hybridized carbons (Fsp3) is 0.207. The minimum atomic E-state index is -0.406. The first-order chi connectivity index (χ1) is 17.2. The molecule has 2 aliphatic heterocycles. The molecular formula is C29H22N2O3S. The lowest BCUT2D eigenvalue weighted by atomic mass is 9.86. The molecule has 0 radical (unpaired) electrons. The minimum absolute atomic E-state index is 0.406. The largest absolute Gasteiger partial charge is 0.422 e. The maximum absolute atomic E-state index is 13.7. The van der Waals surface area contributed by atoms with Crippen LogP contribution in [0.2, 0.25) is 0 Å². The number of hydrogen-bond acceptors (Lipinski definition) is 6. The number of fused-ring (bicyclic) bond motifs is 3. The second-order valence-corrected chi connectivity index (χ2v) is 10.3. The molecule has 0 N–H and O–H groups in total. The summed E-state index contributed by atoms with van der Waals surface area (Å²) >= 11 is 1.48. The van der Waals surface area contributed by atoms with Crippen molar-refractivity contribution in [2.24, 2.45) is 0 Å². The molecule has 0 spiro atoms. The van der Waals surface area contributed by atoms with E-state index in [9.17, 15) is 9.59 Å². The Morgan fingerprint density at radius 2 is 1.77 bits per heavy atom. The highest BCUT2D eigenvalue weighted by Crippen LogP contribution is 2.45. The van der Waals surface area contributed by atoms with Crippen LogP contribution in [0, 0.1) is 0 Å². The van der Waals surface area contributed by atoms with Crippen LogP contribution in [-0.4, -0.2) is 24.4 Å². The number of carbonyl (C=O) groups excluding carboxylic acids is 1. The third kappa shape index (κ3) is 3.09. The molecule has 6 heteroatoms. The summed E-state index contributed by atoms with van der Waals surface area (Å²) in [5.41, 5.74) is 7.24. The molecule has 0 saturated heterocycles. The SMILES string of the molecule is O=Cc1ccccc1-c1c(-c2nc3ccccc3s2)c(=O)oc2c3c4c(cc12)CCCN4CCC3. The number of aryl methyl sites for hydroxylation is 2. The highest BCUT2D eigenvalue weighted by atomic mass is 32.1. The van der Waals surface area contributed by atoms with E-state index in [0.717, 1.165) is 77.4 Å². The van der Waals surface area contributed by atoms with Crippen molar-refractivity contribution < 1.29 is 9.21 Å². The van der Waals surface area contributed by atoms with Gasteiger partial charge >= 0.3 is 5.63 Å². The molecule has 5 aromatic rings. The monoisotopic (exact) mass is 478 g/mol. The number of rotatable bonds is 3. The van der Waals surface area contributed by atoms with E-state index in [0.29, 0.717) is 21.7 Å². The van der Waals surface area contributed by atoms with Gasteiger partial charge in [-0.2, -0.15) is 0 Å². The Balaban J connectivity index is 1.65. The second kappa shape index (κ2) is 7.89. The van der Waals surface area contributed by atoms with Gasteiger partial charge in [0.15, 0.2) is 6.29 Å². The van der Waals surface area contributed by atoms with E-state index in [2.05, 4.69) is 11.0 Å². The predicted molar refractivity (Wildman–Crippen MR) is 141 cm³/mol. The molecule has 2 aromatic heterocycles. The van der Waals surface area contributed by atoms with E-state index in [4.69, 9.17) is 9.40 Å². The van der Waals surface area contributed by atoms with Crippen LogP contribution in [0.1, 0.15) is 34.3 Å². The van der Waals surface area contributed by atoms with E-state index in [1.807, 2.05) is 42.5 Å². The number of aldehydes is 1. The summed E-state index contributed by atoms with van der Waals surface area (Å²) < 4.78 is 7.15. The standard InChI is InChI=1S/C29H22N2O3S/c32-16-18-7-1-2-9-19(18)24-21-15-17-8-5-13-31-14-6-10-20(26(17)31)27(21)34-29(33)25(24)28-30-22-11-3-4-12-23(22)35-28/h1-4,7,9,11-12,15-16H,5-6,8,10,13-14H2. The van der Waals surface area contributed by atoms with Gasteiger partial charge in [0, 0.05) is 40.9 Å². The Morgan fingerprint density at radius 1 is 0.971 bits per heavy atom. The highest BCUT2D eigenvalue weighted by Gasteiger charge is 2.30. The second-order valence-electron chi connectivity index (χ2n) is 9.27. The number of thiazole rings is 1. The van der Waals surface area contributed by atoms with Gasteiger partial charge in [-0.15, -0.1) is 11.3 Å². The minimum Gasteiger partial charge on any atom is -0.422 e. The van der Waals surface area contributed by atoms with Gasteiger partial charge in [0.2, 0.25) is 0 Å². The van der Waals surface area contributed by atoms with Gasteiger partial charge < -0.3 is 9.32 Å². The summed E-state index contributed by atoms with van der Waals surface area (Å²) in [5, 5.41) is 1.51. The van der Waals surface area contributed by atoms with Gasteiger partial charge in [0.1, 0.15) is 16.2 Å². The Labute approximate surface area is 205 Å². The lowest BCUT2D eigenvalue weighted by molar-refractivity contribution is 0.112. The van der Waals surface area contributed by atoms with Crippen molar-refractivity contribution in [1.29, 1.82) is 0 Å². The van der Waals surface area contributed by atoms with E-state index in [1.54, 1.807) is 6.07 Å². The number of hydrogen-bond donors (Lipinski definition) is 0. The van der Waals surface area contributed by atoms with Crippen molar-refractivity contribution in [3.05, 3.63) is 81.7 Å². The van der Waals surface area contributed by atoms with E-state index in [-0.39, 0.29) is 0 Å². The molecular weight excluding hydrogens is 456 g/mol. The first-order valence-electron chi connectivity index (χ1n) is 12.0. The van der Waals surface area contributed by atoms with Crippen LogP contribution in [0.25, 0.3) is 42.9 Å². The fourth-order valence-electron chi connectivity index (χ4n) is 5.79. The van der Waals surface area contributed by atoms with Crippen LogP contribution >= 0.6 is 11.3 Å². The van der Waals surface area contributed by atoms with Gasteiger partial charge in [-0.1, -0.05) is 36.4 Å². The van der Waals surface area contributed by atoms with Gasteiger partial charge in [0.05, 0.1) is 10.2 Å². The average Bonchev–Trinajstić information content (AvgIpc) is 3.32. The van der Waals surface area contributed by atoms with Crippen LogP contribution < -0.4 is 10.5 Å². The maximum Gasteiger partial charge on any atom is 0.347 e. The topological polar surface area (TPSA) is 63.4 Å². The van der Waals surface area contributed by atoms with E-state index < -0.39 is 5.63 Å². The third-order valence-electron chi connectivity index (χ3n) is 7.26. The van der Waals surface area contributed by atoms with Crippen LogP contribution in [0.5, 0.6) is 0 Å². The molecule has 0 bridgehead atoms. The molecule has 3 aromatic carbocycles. The molecule has 4 heterocycles. The molecule has 0 atom stereocenters. The van der Waals surface area contributed by atoms with Gasteiger partial charge in [-0.05, 0) is 55.0 Å². The zero-order valence-electron chi connectivity index (χ0n) is 19.0. The van der Waals surface area contributed by atoms with Crippen molar-refractivity contribution >= 4 is 44.5 Å². The molecule has 172 valence electrons. The number of anilines is 1. The quantitative estimate of drug-likeness (QED) is 0.227. The summed E-state index contributed by atoms with van der Waals surface area (Å²) in [6.45, 7) is 2.08. The summed E-state index contributed by atoms with van der Waals surface area (Å²) in [6.07, 6.45) is 4.89. The normalized spacial score (nSPS) is 14.9. The molecule has 7 rings (SSSR count). The number of aromatic nitrogens is 1. The Bertz CT molecular complexity index is 1680. The molecule has 2 aliphatic rings. The van der Waals surface area contributed by atoms with Gasteiger partial charge in [-0.3, -0.25) is 4.79 Å². The van der Waals surface area contributed by atoms with Crippen molar-refractivity contribution in [3.8, 4) is 21.7 Å². The predicted octanol–water partition coefficient (Wildman–Crippen LogP) is 6.25. The summed E-state index contributed by atoms with van der Waals surface area (Å²) in [6, 6.07) is 17.6. The first-order valence-corrected chi connectivity index (χ1v) is 12.9. The Hall–Kier alpha value is -3.77. The summed E-state index contributed by atoms with van der Waals surface area (Å²) in [4.78, 5) is 33.1. The number of para-hydroxylation sites is 1. The maximum atomic E-state index is 13.7. The average molecular weight is 479 g/mol. The molecule has 0 amide bonds. The third-order valence-corrected chi connectivity index (χ3v) is 8.31. The molecule has 0 fully saturated rings. The van der Waals surface area contributed by atoms with Crippen molar-refractivity contribution in [2.75, 3.05) is 18.0 Å². The van der Waals surface area contributed by atoms with E-state index in [1.165, 1.54) is 22.6 Å². The first kappa shape index (κ1) is 20.6. The molecule has 0 saturated carbocycles. The zero-order chi connectivity index (χ0) is 23.5. The van der Waals surface area contributed by atoms with Crippen molar-refractivity contribution in [1.82, 2.24) is 4.98 Å². The molecule has 0 unspecified atom stereocenters. The zero-order valence-corrected chi connectivity index (χ0v) is 19.9. The van der Waals surface area contributed by atoms with Crippen LogP contribution in [0.15, 0.2) is 63.8 Å². The van der Waals surface area contributed by atoms with E-state index >= 15 is 0 Å². The van der Waals surface area contributed by atoms with Gasteiger partial charge in [-0.25, -0.2) is 9.78 Å². The van der Waals surface area contributed by atoms with Crippen molar-refractivity contribution in [3.63, 3.8) is 0 Å². The molecule has 0 aliphatic carbocycles. The smallest absolute Gasteiger partial charge is 0.347 e. The summed E-state index contributed by atoms with van der Waals surface area (Å²) in [5.74, 6) is 0. The lowest BCUT2D eigenvalue weighted by Crippen LogP contribution is -2.34. The number of carbonyl (C=O) groups is 1. The molecule has 5 nitrogen and oxygen atoms in total.